The molecule has 2 N–H and O–H groups in total. The second-order valence-corrected chi connectivity index (χ2v) is 9.96. The minimum absolute atomic E-state index is 0.0887. The van der Waals surface area contributed by atoms with Crippen molar-refractivity contribution < 1.29 is 17.9 Å². The summed E-state index contributed by atoms with van der Waals surface area (Å²) in [5.74, 6) is 0.557. The second kappa shape index (κ2) is 11.2. The van der Waals surface area contributed by atoms with E-state index < -0.39 is 10.0 Å². The summed E-state index contributed by atoms with van der Waals surface area (Å²) in [6.45, 7) is 8.54. The van der Waals surface area contributed by atoms with E-state index in [2.05, 4.69) is 10.0 Å². The number of hydrogen-bond donors (Lipinski definition) is 2. The number of carbonyl (C=O) groups excluding carboxylic acids is 1. The largest absolute Gasteiger partial charge is 0.494 e. The Morgan fingerprint density at radius 2 is 1.71 bits per heavy atom. The van der Waals surface area contributed by atoms with Crippen LogP contribution in [0.25, 0.3) is 0 Å². The van der Waals surface area contributed by atoms with Crippen molar-refractivity contribution in [3.63, 3.8) is 0 Å². The third-order valence-electron chi connectivity index (χ3n) is 5.55. The fourth-order valence-corrected chi connectivity index (χ4v) is 5.15. The Hall–Kier alpha value is -3.32. The van der Waals surface area contributed by atoms with Gasteiger partial charge in [0.05, 0.1) is 17.2 Å². The zero-order valence-corrected chi connectivity index (χ0v) is 21.0. The molecule has 6 nitrogen and oxygen atoms in total. The van der Waals surface area contributed by atoms with Crippen molar-refractivity contribution in [1.29, 1.82) is 0 Å². The molecule has 180 valence electrons. The molecular weight excluding hydrogens is 448 g/mol. The molecule has 1 amide bonds. The predicted molar refractivity (Wildman–Crippen MR) is 136 cm³/mol. The van der Waals surface area contributed by atoms with E-state index >= 15 is 0 Å². The Morgan fingerprint density at radius 3 is 2.44 bits per heavy atom. The van der Waals surface area contributed by atoms with Crippen LogP contribution >= 0.6 is 0 Å². The molecule has 0 saturated heterocycles. The zero-order valence-electron chi connectivity index (χ0n) is 20.1. The number of sulfonamides is 1. The van der Waals surface area contributed by atoms with Crippen LogP contribution in [-0.4, -0.2) is 27.5 Å². The van der Waals surface area contributed by atoms with Gasteiger partial charge in [-0.25, -0.2) is 8.42 Å². The van der Waals surface area contributed by atoms with Gasteiger partial charge in [-0.3, -0.25) is 9.52 Å². The van der Waals surface area contributed by atoms with Gasteiger partial charge in [-0.05, 0) is 81.5 Å². The molecule has 0 radical (unpaired) electrons. The summed E-state index contributed by atoms with van der Waals surface area (Å²) in [6.07, 6.45) is 1.50. The lowest BCUT2D eigenvalue weighted by Crippen LogP contribution is -2.25. The van der Waals surface area contributed by atoms with E-state index in [1.54, 1.807) is 25.1 Å². The van der Waals surface area contributed by atoms with Crippen molar-refractivity contribution in [3.8, 4) is 5.75 Å². The van der Waals surface area contributed by atoms with Crippen LogP contribution in [-0.2, 0) is 16.4 Å². The number of rotatable bonds is 10. The summed E-state index contributed by atoms with van der Waals surface area (Å²) in [7, 11) is -3.85. The smallest absolute Gasteiger partial charge is 0.262 e. The van der Waals surface area contributed by atoms with Crippen LogP contribution in [0, 0.1) is 20.8 Å². The Morgan fingerprint density at radius 1 is 0.941 bits per heavy atom. The number of hydrogen-bond acceptors (Lipinski definition) is 4. The third kappa shape index (κ3) is 6.38. The molecule has 3 aromatic carbocycles. The molecule has 0 aliphatic heterocycles. The minimum atomic E-state index is -3.85. The summed E-state index contributed by atoms with van der Waals surface area (Å²) in [5.41, 5.74) is 4.38. The Balaban J connectivity index is 1.66. The maximum atomic E-state index is 13.1. The van der Waals surface area contributed by atoms with Crippen molar-refractivity contribution in [2.75, 3.05) is 17.9 Å². The molecule has 0 aliphatic carbocycles. The normalized spacial score (nSPS) is 11.2. The minimum Gasteiger partial charge on any atom is -0.494 e. The highest BCUT2D eigenvalue weighted by Gasteiger charge is 2.20. The molecule has 0 heterocycles. The van der Waals surface area contributed by atoms with Crippen LogP contribution in [0.5, 0.6) is 5.75 Å². The Labute approximate surface area is 202 Å². The quantitative estimate of drug-likeness (QED) is 0.392. The molecule has 0 aromatic heterocycles. The first-order chi connectivity index (χ1) is 16.2. The summed E-state index contributed by atoms with van der Waals surface area (Å²) in [4.78, 5) is 12.8. The molecule has 0 spiro atoms. The van der Waals surface area contributed by atoms with Gasteiger partial charge in [0.2, 0.25) is 0 Å². The van der Waals surface area contributed by atoms with Crippen LogP contribution in [0.15, 0.2) is 65.6 Å². The van der Waals surface area contributed by atoms with Crippen molar-refractivity contribution in [1.82, 2.24) is 5.32 Å². The Kier molecular flexibility index (Phi) is 8.34. The van der Waals surface area contributed by atoms with Gasteiger partial charge in [-0.15, -0.1) is 0 Å². The lowest BCUT2D eigenvalue weighted by molar-refractivity contribution is 0.0953. The molecule has 3 aromatic rings. The van der Waals surface area contributed by atoms with Crippen molar-refractivity contribution in [2.45, 2.75) is 45.4 Å². The molecular formula is C27H32N2O4S. The van der Waals surface area contributed by atoms with Crippen LogP contribution in [0.1, 0.15) is 46.0 Å². The molecule has 7 heteroatoms. The Bertz CT molecular complexity index is 1270. The van der Waals surface area contributed by atoms with E-state index in [4.69, 9.17) is 4.74 Å². The van der Waals surface area contributed by atoms with Crippen LogP contribution < -0.4 is 14.8 Å². The highest BCUT2D eigenvalue weighted by Crippen LogP contribution is 2.24. The van der Waals surface area contributed by atoms with Gasteiger partial charge in [-0.2, -0.15) is 0 Å². The number of ether oxygens (including phenoxy) is 1. The van der Waals surface area contributed by atoms with Gasteiger partial charge < -0.3 is 10.1 Å². The lowest BCUT2D eigenvalue weighted by atomic mass is 10.1. The summed E-state index contributed by atoms with van der Waals surface area (Å²) in [5, 5.41) is 2.89. The number of benzene rings is 3. The van der Waals surface area contributed by atoms with Gasteiger partial charge >= 0.3 is 0 Å². The van der Waals surface area contributed by atoms with E-state index in [1.165, 1.54) is 6.07 Å². The summed E-state index contributed by atoms with van der Waals surface area (Å²) in [6, 6.07) is 18.1. The number of nitrogens with one attached hydrogen (secondary N) is 2. The van der Waals surface area contributed by atoms with Gasteiger partial charge in [-0.1, -0.05) is 42.0 Å². The number of amides is 1. The van der Waals surface area contributed by atoms with Gasteiger partial charge in [0.25, 0.3) is 15.9 Å². The monoisotopic (exact) mass is 480 g/mol. The maximum Gasteiger partial charge on any atom is 0.262 e. The fourth-order valence-electron chi connectivity index (χ4n) is 3.75. The molecule has 0 bridgehead atoms. The molecule has 0 aliphatic rings. The van der Waals surface area contributed by atoms with E-state index in [0.29, 0.717) is 30.0 Å². The first-order valence-electron chi connectivity index (χ1n) is 11.4. The van der Waals surface area contributed by atoms with Crippen molar-refractivity contribution in [3.05, 3.63) is 88.5 Å². The van der Waals surface area contributed by atoms with Crippen molar-refractivity contribution >= 4 is 21.6 Å². The molecule has 0 fully saturated rings. The third-order valence-corrected chi connectivity index (χ3v) is 7.05. The highest BCUT2D eigenvalue weighted by atomic mass is 32.2. The number of anilines is 1. The summed E-state index contributed by atoms with van der Waals surface area (Å²) >= 11 is 0. The van der Waals surface area contributed by atoms with Crippen LogP contribution in [0.3, 0.4) is 0 Å². The van der Waals surface area contributed by atoms with E-state index in [9.17, 15) is 13.2 Å². The van der Waals surface area contributed by atoms with Gasteiger partial charge in [0, 0.05) is 12.1 Å². The molecule has 0 saturated carbocycles. The summed E-state index contributed by atoms with van der Waals surface area (Å²) < 4.78 is 34.5. The zero-order chi connectivity index (χ0) is 24.7. The van der Waals surface area contributed by atoms with Gasteiger partial charge in [0.1, 0.15) is 5.75 Å². The van der Waals surface area contributed by atoms with Crippen molar-refractivity contribution in [2.24, 2.45) is 0 Å². The van der Waals surface area contributed by atoms with Crippen LogP contribution in [0.2, 0.25) is 0 Å². The second-order valence-electron chi connectivity index (χ2n) is 8.30. The van der Waals surface area contributed by atoms with Gasteiger partial charge in [0.15, 0.2) is 0 Å². The van der Waals surface area contributed by atoms with E-state index in [0.717, 1.165) is 35.3 Å². The molecule has 3 rings (SSSR count). The number of aryl methyl sites for hydroxylation is 4. The van der Waals surface area contributed by atoms with Crippen LogP contribution in [0.4, 0.5) is 5.69 Å². The molecule has 0 atom stereocenters. The average molecular weight is 481 g/mol. The van der Waals surface area contributed by atoms with E-state index in [1.807, 2.05) is 57.2 Å². The number of para-hydroxylation sites is 1. The standard InChI is InChI=1S/C27H32N2O4S/c1-5-33-25-11-7-6-9-22(25)10-8-16-28-27(30)23-14-13-20(3)26(18-23)34(31,32)29-24-15-12-19(2)17-21(24)4/h6-7,9,11-15,17-18,29H,5,8,10,16H2,1-4H3,(H,28,30). The predicted octanol–water partition coefficient (Wildman–Crippen LogP) is 5.17. The molecule has 34 heavy (non-hydrogen) atoms. The maximum absolute atomic E-state index is 13.1. The van der Waals surface area contributed by atoms with E-state index in [-0.39, 0.29) is 10.8 Å². The topological polar surface area (TPSA) is 84.5 Å². The number of carbonyl (C=O) groups is 1. The average Bonchev–Trinajstić information content (AvgIpc) is 2.80. The highest BCUT2D eigenvalue weighted by molar-refractivity contribution is 7.92. The molecule has 0 unspecified atom stereocenters. The first-order valence-corrected chi connectivity index (χ1v) is 12.9. The fraction of sp³-hybridized carbons (Fsp3) is 0.296. The SMILES string of the molecule is CCOc1ccccc1CCCNC(=O)c1ccc(C)c(S(=O)(=O)Nc2ccc(C)cc2C)c1. The lowest BCUT2D eigenvalue weighted by Gasteiger charge is -2.14. The first kappa shape index (κ1) is 25.3.